The molecular weight excluding hydrogens is 256 g/mol. The van der Waals surface area contributed by atoms with Crippen LogP contribution in [0.5, 0.6) is 0 Å². The molecule has 1 aliphatic rings. The van der Waals surface area contributed by atoms with Crippen LogP contribution in [0.15, 0.2) is 30.3 Å². The van der Waals surface area contributed by atoms with Gasteiger partial charge in [-0.1, -0.05) is 18.2 Å². The number of hydrogen-bond donors (Lipinski definition) is 0. The SMILES string of the molecule is CCOC(=O)C(C)(C)N1CCN(c2ccccc2)C1=O. The van der Waals surface area contributed by atoms with E-state index in [0.717, 1.165) is 5.69 Å². The molecule has 0 N–H and O–H groups in total. The molecule has 2 rings (SSSR count). The van der Waals surface area contributed by atoms with E-state index in [4.69, 9.17) is 4.74 Å². The van der Waals surface area contributed by atoms with Crippen LogP contribution >= 0.6 is 0 Å². The van der Waals surface area contributed by atoms with Gasteiger partial charge in [-0.15, -0.1) is 0 Å². The summed E-state index contributed by atoms with van der Waals surface area (Å²) in [6.45, 7) is 6.60. The summed E-state index contributed by atoms with van der Waals surface area (Å²) in [7, 11) is 0. The number of rotatable bonds is 4. The van der Waals surface area contributed by atoms with Crippen LogP contribution in [0.4, 0.5) is 10.5 Å². The number of carbonyl (C=O) groups excluding carboxylic acids is 2. The molecule has 1 aromatic carbocycles. The first-order valence-corrected chi connectivity index (χ1v) is 6.80. The van der Waals surface area contributed by atoms with E-state index in [2.05, 4.69) is 0 Å². The number of anilines is 1. The average molecular weight is 276 g/mol. The van der Waals surface area contributed by atoms with Gasteiger partial charge in [0, 0.05) is 18.8 Å². The second kappa shape index (κ2) is 5.53. The third-order valence-corrected chi connectivity index (χ3v) is 3.53. The van der Waals surface area contributed by atoms with Gasteiger partial charge >= 0.3 is 12.0 Å². The van der Waals surface area contributed by atoms with E-state index in [1.54, 1.807) is 30.6 Å². The minimum atomic E-state index is -0.948. The molecule has 0 aromatic heterocycles. The molecular formula is C15H20N2O3. The maximum Gasteiger partial charge on any atom is 0.331 e. The number of nitrogens with zero attached hydrogens (tertiary/aromatic N) is 2. The normalized spacial score (nSPS) is 15.7. The van der Waals surface area contributed by atoms with Crippen molar-refractivity contribution in [1.29, 1.82) is 0 Å². The fourth-order valence-corrected chi connectivity index (χ4v) is 2.32. The van der Waals surface area contributed by atoms with Crippen LogP contribution in [0.1, 0.15) is 20.8 Å². The average Bonchev–Trinajstić information content (AvgIpc) is 2.82. The molecule has 0 atom stereocenters. The predicted octanol–water partition coefficient (Wildman–Crippen LogP) is 2.27. The molecule has 5 nitrogen and oxygen atoms in total. The Bertz CT molecular complexity index is 499. The first-order valence-electron chi connectivity index (χ1n) is 6.80. The van der Waals surface area contributed by atoms with E-state index in [1.165, 1.54) is 0 Å². The minimum absolute atomic E-state index is 0.158. The molecule has 1 aliphatic heterocycles. The highest BCUT2D eigenvalue weighted by Crippen LogP contribution is 2.26. The van der Waals surface area contributed by atoms with Gasteiger partial charge in [-0.2, -0.15) is 0 Å². The zero-order valence-electron chi connectivity index (χ0n) is 12.1. The Labute approximate surface area is 119 Å². The van der Waals surface area contributed by atoms with E-state index in [-0.39, 0.29) is 12.0 Å². The number of urea groups is 1. The molecule has 0 bridgehead atoms. The van der Waals surface area contributed by atoms with Crippen molar-refractivity contribution in [3.63, 3.8) is 0 Å². The van der Waals surface area contributed by atoms with Crippen LogP contribution in [0, 0.1) is 0 Å². The summed E-state index contributed by atoms with van der Waals surface area (Å²) in [6.07, 6.45) is 0. The largest absolute Gasteiger partial charge is 0.464 e. The maximum atomic E-state index is 12.5. The van der Waals surface area contributed by atoms with Crippen molar-refractivity contribution in [2.24, 2.45) is 0 Å². The van der Waals surface area contributed by atoms with E-state index < -0.39 is 5.54 Å². The van der Waals surface area contributed by atoms with Gasteiger partial charge in [0.1, 0.15) is 5.54 Å². The van der Waals surface area contributed by atoms with Crippen LogP contribution in [-0.2, 0) is 9.53 Å². The Morgan fingerprint density at radius 1 is 1.25 bits per heavy atom. The standard InChI is InChI=1S/C15H20N2O3/c1-4-20-13(18)15(2,3)17-11-10-16(14(17)19)12-8-6-5-7-9-12/h5-9H,4,10-11H2,1-3H3. The quantitative estimate of drug-likeness (QED) is 0.793. The van der Waals surface area contributed by atoms with Gasteiger partial charge in [0.25, 0.3) is 0 Å². The van der Waals surface area contributed by atoms with Crippen molar-refractivity contribution in [1.82, 2.24) is 4.90 Å². The van der Waals surface area contributed by atoms with Gasteiger partial charge in [0.15, 0.2) is 0 Å². The van der Waals surface area contributed by atoms with E-state index in [0.29, 0.717) is 19.7 Å². The van der Waals surface area contributed by atoms with Crippen LogP contribution < -0.4 is 4.90 Å². The lowest BCUT2D eigenvalue weighted by Gasteiger charge is -2.32. The number of amides is 2. The number of benzene rings is 1. The van der Waals surface area contributed by atoms with Crippen LogP contribution in [0.2, 0.25) is 0 Å². The van der Waals surface area contributed by atoms with E-state index in [1.807, 2.05) is 30.3 Å². The van der Waals surface area contributed by atoms with Crippen molar-refractivity contribution in [2.45, 2.75) is 26.3 Å². The molecule has 1 fully saturated rings. The summed E-state index contributed by atoms with van der Waals surface area (Å²) in [5.74, 6) is -0.372. The van der Waals surface area contributed by atoms with Crippen molar-refractivity contribution in [3.05, 3.63) is 30.3 Å². The van der Waals surface area contributed by atoms with Crippen molar-refractivity contribution in [3.8, 4) is 0 Å². The fourth-order valence-electron chi connectivity index (χ4n) is 2.32. The van der Waals surface area contributed by atoms with Crippen LogP contribution in [0.25, 0.3) is 0 Å². The van der Waals surface area contributed by atoms with Crippen LogP contribution in [0.3, 0.4) is 0 Å². The molecule has 0 aliphatic carbocycles. The maximum absolute atomic E-state index is 12.5. The second-order valence-electron chi connectivity index (χ2n) is 5.20. The molecule has 108 valence electrons. The van der Waals surface area contributed by atoms with Gasteiger partial charge in [-0.3, -0.25) is 4.90 Å². The minimum Gasteiger partial charge on any atom is -0.464 e. The molecule has 0 saturated carbocycles. The van der Waals surface area contributed by atoms with Crippen molar-refractivity contribution in [2.75, 3.05) is 24.6 Å². The van der Waals surface area contributed by atoms with Gasteiger partial charge in [-0.05, 0) is 32.9 Å². The third-order valence-electron chi connectivity index (χ3n) is 3.53. The van der Waals surface area contributed by atoms with Crippen molar-refractivity contribution < 1.29 is 14.3 Å². The summed E-state index contributed by atoms with van der Waals surface area (Å²) in [6, 6.07) is 9.31. The lowest BCUT2D eigenvalue weighted by atomic mass is 10.0. The molecule has 0 radical (unpaired) electrons. The number of carbonyl (C=O) groups is 2. The summed E-state index contributed by atoms with van der Waals surface area (Å²) in [5.41, 5.74) is -0.101. The second-order valence-corrected chi connectivity index (χ2v) is 5.20. The molecule has 1 aromatic rings. The first-order chi connectivity index (χ1) is 9.48. The summed E-state index contributed by atoms with van der Waals surface area (Å²) in [4.78, 5) is 27.8. The smallest absolute Gasteiger partial charge is 0.331 e. The fraction of sp³-hybridized carbons (Fsp3) is 0.467. The van der Waals surface area contributed by atoms with Gasteiger partial charge in [-0.25, -0.2) is 9.59 Å². The number of hydrogen-bond acceptors (Lipinski definition) is 3. The van der Waals surface area contributed by atoms with Crippen molar-refractivity contribution >= 4 is 17.7 Å². The molecule has 5 heteroatoms. The summed E-state index contributed by atoms with van der Waals surface area (Å²) in [5, 5.41) is 0. The zero-order valence-corrected chi connectivity index (χ0v) is 12.1. The molecule has 20 heavy (non-hydrogen) atoms. The number of esters is 1. The number of ether oxygens (including phenoxy) is 1. The van der Waals surface area contributed by atoms with E-state index in [9.17, 15) is 9.59 Å². The first kappa shape index (κ1) is 14.4. The number of para-hydroxylation sites is 1. The topological polar surface area (TPSA) is 49.9 Å². The monoisotopic (exact) mass is 276 g/mol. The predicted molar refractivity (Wildman–Crippen MR) is 76.6 cm³/mol. The van der Waals surface area contributed by atoms with Gasteiger partial charge < -0.3 is 9.64 Å². The lowest BCUT2D eigenvalue weighted by molar-refractivity contribution is -0.153. The highest BCUT2D eigenvalue weighted by atomic mass is 16.5. The summed E-state index contributed by atoms with van der Waals surface area (Å²) < 4.78 is 5.06. The highest BCUT2D eigenvalue weighted by molar-refractivity contribution is 5.97. The zero-order chi connectivity index (χ0) is 14.8. The van der Waals surface area contributed by atoms with Gasteiger partial charge in [0.05, 0.1) is 6.61 Å². The third kappa shape index (κ3) is 2.48. The Balaban J connectivity index is 2.17. The molecule has 1 saturated heterocycles. The highest BCUT2D eigenvalue weighted by Gasteiger charge is 2.44. The molecule has 0 unspecified atom stereocenters. The Hall–Kier alpha value is -2.04. The van der Waals surface area contributed by atoms with Gasteiger partial charge in [0.2, 0.25) is 0 Å². The lowest BCUT2D eigenvalue weighted by Crippen LogP contribution is -2.52. The molecule has 0 spiro atoms. The van der Waals surface area contributed by atoms with E-state index >= 15 is 0 Å². The Morgan fingerprint density at radius 2 is 1.90 bits per heavy atom. The molecule has 1 heterocycles. The molecule has 2 amide bonds. The Kier molecular flexibility index (Phi) is 3.97. The van der Waals surface area contributed by atoms with Crippen LogP contribution in [-0.4, -0.2) is 42.1 Å². The summed E-state index contributed by atoms with van der Waals surface area (Å²) >= 11 is 0. The Morgan fingerprint density at radius 3 is 2.50 bits per heavy atom.